The van der Waals surface area contributed by atoms with Gasteiger partial charge in [0.2, 0.25) is 0 Å². The molecule has 0 fully saturated rings. The van der Waals surface area contributed by atoms with Crippen molar-refractivity contribution in [3.8, 4) is 0 Å². The molecule has 0 radical (unpaired) electrons. The lowest BCUT2D eigenvalue weighted by molar-refractivity contribution is 0.112. The molecule has 2 aromatic heterocycles. The zero-order chi connectivity index (χ0) is 8.55. The first-order valence-electron chi connectivity index (χ1n) is 3.71. The first-order valence-corrected chi connectivity index (χ1v) is 3.71. The van der Waals surface area contributed by atoms with E-state index in [1.807, 2.05) is 23.6 Å². The number of rotatable bonds is 1. The van der Waals surface area contributed by atoms with Crippen molar-refractivity contribution in [2.24, 2.45) is 0 Å². The average molecular weight is 160 g/mol. The number of hydrogen-bond donors (Lipinski definition) is 0. The Morgan fingerprint density at radius 3 is 3.08 bits per heavy atom. The second-order valence-corrected chi connectivity index (χ2v) is 2.65. The molecule has 2 rings (SSSR count). The summed E-state index contributed by atoms with van der Waals surface area (Å²) in [6.45, 7) is 1.90. The van der Waals surface area contributed by atoms with Crippen LogP contribution in [-0.4, -0.2) is 15.7 Å². The molecule has 0 saturated heterocycles. The van der Waals surface area contributed by atoms with Gasteiger partial charge in [0.15, 0.2) is 6.29 Å². The summed E-state index contributed by atoms with van der Waals surface area (Å²) in [7, 11) is 0. The molecule has 3 heteroatoms. The zero-order valence-electron chi connectivity index (χ0n) is 6.69. The van der Waals surface area contributed by atoms with Crippen molar-refractivity contribution in [1.82, 2.24) is 9.38 Å². The van der Waals surface area contributed by atoms with E-state index in [-0.39, 0.29) is 0 Å². The number of carbonyl (C=O) groups is 1. The number of nitrogens with zero attached hydrogens (tertiary/aromatic N) is 2. The monoisotopic (exact) mass is 160 g/mol. The van der Waals surface area contributed by atoms with Crippen LogP contribution in [0, 0.1) is 6.92 Å². The van der Waals surface area contributed by atoms with Crippen molar-refractivity contribution in [2.45, 2.75) is 6.92 Å². The quantitative estimate of drug-likeness (QED) is 0.592. The summed E-state index contributed by atoms with van der Waals surface area (Å²) in [5.41, 5.74) is 2.51. The van der Waals surface area contributed by atoms with Gasteiger partial charge in [-0.25, -0.2) is 4.98 Å². The van der Waals surface area contributed by atoms with Crippen LogP contribution in [0.5, 0.6) is 0 Å². The van der Waals surface area contributed by atoms with Gasteiger partial charge in [-0.05, 0) is 19.1 Å². The Bertz CT molecular complexity index is 431. The second kappa shape index (κ2) is 2.44. The predicted octanol–water partition coefficient (Wildman–Crippen LogP) is 1.46. The maximum atomic E-state index is 10.6. The van der Waals surface area contributed by atoms with Crippen LogP contribution in [0.1, 0.15) is 16.1 Å². The molecule has 0 aliphatic rings. The third kappa shape index (κ3) is 0.830. The summed E-state index contributed by atoms with van der Waals surface area (Å²) in [4.78, 5) is 14.7. The van der Waals surface area contributed by atoms with E-state index in [9.17, 15) is 4.79 Å². The Morgan fingerprint density at radius 2 is 2.33 bits per heavy atom. The summed E-state index contributed by atoms with van der Waals surface area (Å²) < 4.78 is 1.89. The molecule has 2 heterocycles. The van der Waals surface area contributed by atoms with Crippen molar-refractivity contribution in [3.05, 3.63) is 35.8 Å². The van der Waals surface area contributed by atoms with Gasteiger partial charge >= 0.3 is 0 Å². The maximum absolute atomic E-state index is 10.6. The molecule has 0 aromatic carbocycles. The lowest BCUT2D eigenvalue weighted by Gasteiger charge is -2.01. The van der Waals surface area contributed by atoms with Crippen molar-refractivity contribution in [1.29, 1.82) is 0 Å². The zero-order valence-corrected chi connectivity index (χ0v) is 6.69. The lowest BCUT2D eigenvalue weighted by Crippen LogP contribution is -1.95. The molecule has 12 heavy (non-hydrogen) atoms. The summed E-state index contributed by atoms with van der Waals surface area (Å²) in [5.74, 6) is 0. The molecule has 0 N–H and O–H groups in total. The first kappa shape index (κ1) is 7.03. The predicted molar refractivity (Wildman–Crippen MR) is 45.3 cm³/mol. The number of aryl methyl sites for hydroxylation is 1. The number of fused-ring (bicyclic) bond motifs is 1. The molecule has 0 amide bonds. The highest BCUT2D eigenvalue weighted by molar-refractivity contribution is 5.77. The van der Waals surface area contributed by atoms with E-state index in [1.165, 1.54) is 0 Å². The molecule has 0 aliphatic heterocycles. The van der Waals surface area contributed by atoms with E-state index in [0.717, 1.165) is 17.6 Å². The van der Waals surface area contributed by atoms with Gasteiger partial charge in [0.1, 0.15) is 5.65 Å². The number of hydrogen-bond acceptors (Lipinski definition) is 2. The fraction of sp³-hybridized carbons (Fsp3) is 0.111. The molecule has 0 saturated carbocycles. The Labute approximate surface area is 69.7 Å². The highest BCUT2D eigenvalue weighted by Gasteiger charge is 2.00. The van der Waals surface area contributed by atoms with E-state index in [0.29, 0.717) is 5.56 Å². The first-order chi connectivity index (χ1) is 5.83. The fourth-order valence-corrected chi connectivity index (χ4v) is 1.27. The number of aldehydes is 1. The smallest absolute Gasteiger partial charge is 0.151 e. The van der Waals surface area contributed by atoms with E-state index in [2.05, 4.69) is 4.98 Å². The molecule has 0 bridgehead atoms. The van der Waals surface area contributed by atoms with Crippen LogP contribution in [0.25, 0.3) is 5.65 Å². The van der Waals surface area contributed by atoms with E-state index < -0.39 is 0 Å². The van der Waals surface area contributed by atoms with Crippen LogP contribution < -0.4 is 0 Å². The lowest BCUT2D eigenvalue weighted by atomic mass is 10.2. The Morgan fingerprint density at radius 1 is 1.50 bits per heavy atom. The highest BCUT2D eigenvalue weighted by atomic mass is 16.1. The van der Waals surface area contributed by atoms with Crippen LogP contribution in [0.3, 0.4) is 0 Å². The minimum atomic E-state index is 0.709. The molecule has 0 atom stereocenters. The average Bonchev–Trinajstić information content (AvgIpc) is 2.53. The van der Waals surface area contributed by atoms with Gasteiger partial charge in [0, 0.05) is 23.7 Å². The summed E-state index contributed by atoms with van der Waals surface area (Å²) in [6, 6.07) is 3.61. The van der Waals surface area contributed by atoms with Gasteiger partial charge in [0.05, 0.1) is 0 Å². The van der Waals surface area contributed by atoms with E-state index >= 15 is 0 Å². The number of pyridine rings is 1. The van der Waals surface area contributed by atoms with Crippen molar-refractivity contribution < 1.29 is 4.79 Å². The Kier molecular flexibility index (Phi) is 1.43. The van der Waals surface area contributed by atoms with Crippen molar-refractivity contribution >= 4 is 11.9 Å². The topological polar surface area (TPSA) is 34.4 Å². The van der Waals surface area contributed by atoms with Gasteiger partial charge in [-0.1, -0.05) is 0 Å². The van der Waals surface area contributed by atoms with Gasteiger partial charge in [-0.15, -0.1) is 0 Å². The van der Waals surface area contributed by atoms with Crippen LogP contribution in [-0.2, 0) is 0 Å². The molecule has 0 aliphatic carbocycles. The molecule has 3 nitrogen and oxygen atoms in total. The van der Waals surface area contributed by atoms with Crippen molar-refractivity contribution in [3.63, 3.8) is 0 Å². The maximum Gasteiger partial charge on any atom is 0.151 e. The molecule has 0 spiro atoms. The van der Waals surface area contributed by atoms with E-state index in [1.54, 1.807) is 12.3 Å². The normalized spacial score (nSPS) is 10.4. The Balaban J connectivity index is 2.86. The largest absolute Gasteiger partial charge is 0.304 e. The van der Waals surface area contributed by atoms with Gasteiger partial charge in [-0.2, -0.15) is 0 Å². The van der Waals surface area contributed by atoms with Crippen LogP contribution in [0.2, 0.25) is 0 Å². The van der Waals surface area contributed by atoms with Crippen molar-refractivity contribution in [2.75, 3.05) is 0 Å². The van der Waals surface area contributed by atoms with Crippen LogP contribution in [0.4, 0.5) is 0 Å². The molecular weight excluding hydrogens is 152 g/mol. The van der Waals surface area contributed by atoms with Crippen LogP contribution in [0.15, 0.2) is 24.5 Å². The molecule has 0 unspecified atom stereocenters. The minimum Gasteiger partial charge on any atom is -0.304 e. The van der Waals surface area contributed by atoms with Gasteiger partial charge in [0.25, 0.3) is 0 Å². The Hall–Kier alpha value is -1.64. The molecule has 2 aromatic rings. The van der Waals surface area contributed by atoms with Crippen LogP contribution >= 0.6 is 0 Å². The number of carbonyl (C=O) groups excluding carboxylic acids is 1. The number of aromatic nitrogens is 2. The fourth-order valence-electron chi connectivity index (χ4n) is 1.27. The van der Waals surface area contributed by atoms with Gasteiger partial charge < -0.3 is 4.40 Å². The summed E-state index contributed by atoms with van der Waals surface area (Å²) >= 11 is 0. The molecule has 60 valence electrons. The number of imidazole rings is 1. The highest BCUT2D eigenvalue weighted by Crippen LogP contribution is 2.08. The third-order valence-corrected chi connectivity index (χ3v) is 1.99. The summed E-state index contributed by atoms with van der Waals surface area (Å²) in [5, 5.41) is 0. The minimum absolute atomic E-state index is 0.709. The second-order valence-electron chi connectivity index (χ2n) is 2.65. The standard InChI is InChI=1S/C9H8N2O/c1-7-8(6-12)2-3-9-10-4-5-11(7)9/h2-6H,1H3. The van der Waals surface area contributed by atoms with Gasteiger partial charge in [-0.3, -0.25) is 4.79 Å². The summed E-state index contributed by atoms with van der Waals surface area (Å²) in [6.07, 6.45) is 4.42. The third-order valence-electron chi connectivity index (χ3n) is 1.99. The SMILES string of the molecule is Cc1c(C=O)ccc2nccn12. The van der Waals surface area contributed by atoms with E-state index in [4.69, 9.17) is 0 Å². The molecular formula is C9H8N2O.